The molecule has 1 aromatic carbocycles. The lowest BCUT2D eigenvalue weighted by molar-refractivity contribution is 0.437. The van der Waals surface area contributed by atoms with Gasteiger partial charge in [0.05, 0.1) is 11.5 Å². The Morgan fingerprint density at radius 1 is 1.29 bits per heavy atom. The van der Waals surface area contributed by atoms with Crippen LogP contribution in [0.25, 0.3) is 0 Å². The summed E-state index contributed by atoms with van der Waals surface area (Å²) in [5.41, 5.74) is 1.12. The molecule has 0 spiro atoms. The third-order valence-electron chi connectivity index (χ3n) is 2.99. The SMILES string of the molecule is CC(CCNCC(C)(C)C#N)c1ccccc1. The monoisotopic (exact) mass is 230 g/mol. The topological polar surface area (TPSA) is 35.8 Å². The second-order valence-corrected chi connectivity index (χ2v) is 5.27. The molecule has 0 bridgehead atoms. The van der Waals surface area contributed by atoms with Gasteiger partial charge in [-0.1, -0.05) is 37.3 Å². The third kappa shape index (κ3) is 5.01. The van der Waals surface area contributed by atoms with Gasteiger partial charge in [-0.05, 0) is 38.3 Å². The molecule has 2 heteroatoms. The van der Waals surface area contributed by atoms with E-state index in [9.17, 15) is 0 Å². The van der Waals surface area contributed by atoms with Gasteiger partial charge in [0.1, 0.15) is 0 Å². The maximum atomic E-state index is 8.89. The fourth-order valence-electron chi connectivity index (χ4n) is 1.71. The fourth-order valence-corrected chi connectivity index (χ4v) is 1.71. The lowest BCUT2D eigenvalue weighted by Crippen LogP contribution is -2.29. The van der Waals surface area contributed by atoms with Crippen molar-refractivity contribution in [1.82, 2.24) is 5.32 Å². The van der Waals surface area contributed by atoms with Crippen molar-refractivity contribution in [3.63, 3.8) is 0 Å². The van der Waals surface area contributed by atoms with Crippen molar-refractivity contribution >= 4 is 0 Å². The fraction of sp³-hybridized carbons (Fsp3) is 0.533. The molecule has 92 valence electrons. The van der Waals surface area contributed by atoms with Gasteiger partial charge in [-0.15, -0.1) is 0 Å². The first kappa shape index (κ1) is 13.7. The molecule has 1 aromatic rings. The standard InChI is InChI=1S/C15H22N2/c1-13(14-7-5-4-6-8-14)9-10-17-12-15(2,3)11-16/h4-8,13,17H,9-10,12H2,1-3H3. The van der Waals surface area contributed by atoms with Crippen molar-refractivity contribution in [3.05, 3.63) is 35.9 Å². The molecule has 2 nitrogen and oxygen atoms in total. The maximum absolute atomic E-state index is 8.89. The molecule has 1 rings (SSSR count). The van der Waals surface area contributed by atoms with E-state index in [4.69, 9.17) is 5.26 Å². The van der Waals surface area contributed by atoms with Crippen LogP contribution < -0.4 is 5.32 Å². The Morgan fingerprint density at radius 2 is 1.94 bits per heavy atom. The highest BCUT2D eigenvalue weighted by atomic mass is 14.9. The summed E-state index contributed by atoms with van der Waals surface area (Å²) < 4.78 is 0. The molecule has 1 unspecified atom stereocenters. The van der Waals surface area contributed by atoms with E-state index in [0.29, 0.717) is 5.92 Å². The molecule has 0 saturated heterocycles. The summed E-state index contributed by atoms with van der Waals surface area (Å²) in [5, 5.41) is 12.2. The van der Waals surface area contributed by atoms with Gasteiger partial charge in [0.25, 0.3) is 0 Å². The molecule has 0 aromatic heterocycles. The van der Waals surface area contributed by atoms with Gasteiger partial charge in [-0.2, -0.15) is 5.26 Å². The van der Waals surface area contributed by atoms with Crippen molar-refractivity contribution < 1.29 is 0 Å². The molecule has 0 aliphatic heterocycles. The molecule has 0 aliphatic carbocycles. The quantitative estimate of drug-likeness (QED) is 0.761. The van der Waals surface area contributed by atoms with E-state index in [1.165, 1.54) is 5.56 Å². The normalized spacial score (nSPS) is 13.1. The van der Waals surface area contributed by atoms with Crippen molar-refractivity contribution in [2.75, 3.05) is 13.1 Å². The van der Waals surface area contributed by atoms with Gasteiger partial charge in [0.2, 0.25) is 0 Å². The first-order chi connectivity index (χ1) is 8.05. The first-order valence-corrected chi connectivity index (χ1v) is 6.22. The molecule has 0 fully saturated rings. The van der Waals surface area contributed by atoms with Gasteiger partial charge in [-0.3, -0.25) is 0 Å². The smallest absolute Gasteiger partial charge is 0.0697 e. The Morgan fingerprint density at radius 3 is 2.53 bits per heavy atom. The maximum Gasteiger partial charge on any atom is 0.0697 e. The predicted molar refractivity (Wildman–Crippen MR) is 71.7 cm³/mol. The Bertz CT molecular complexity index is 362. The van der Waals surface area contributed by atoms with Gasteiger partial charge < -0.3 is 5.32 Å². The highest BCUT2D eigenvalue weighted by Gasteiger charge is 2.15. The van der Waals surface area contributed by atoms with Crippen LogP contribution in [-0.4, -0.2) is 13.1 Å². The molecule has 0 aliphatic rings. The van der Waals surface area contributed by atoms with Crippen LogP contribution in [0.4, 0.5) is 0 Å². The Labute approximate surface area is 105 Å². The zero-order valence-electron chi connectivity index (χ0n) is 11.0. The summed E-state index contributed by atoms with van der Waals surface area (Å²) in [6, 6.07) is 12.8. The summed E-state index contributed by atoms with van der Waals surface area (Å²) in [5.74, 6) is 0.564. The zero-order valence-corrected chi connectivity index (χ0v) is 11.0. The van der Waals surface area contributed by atoms with Crippen LogP contribution in [0.3, 0.4) is 0 Å². The lowest BCUT2D eigenvalue weighted by atomic mass is 9.95. The second kappa shape index (κ2) is 6.42. The lowest BCUT2D eigenvalue weighted by Gasteiger charge is -2.17. The second-order valence-electron chi connectivity index (χ2n) is 5.27. The average molecular weight is 230 g/mol. The van der Waals surface area contributed by atoms with E-state index >= 15 is 0 Å². The molecule has 17 heavy (non-hydrogen) atoms. The number of hydrogen-bond donors (Lipinski definition) is 1. The van der Waals surface area contributed by atoms with E-state index in [2.05, 4.69) is 42.6 Å². The number of benzene rings is 1. The van der Waals surface area contributed by atoms with E-state index < -0.39 is 0 Å². The van der Waals surface area contributed by atoms with Crippen molar-refractivity contribution in [2.45, 2.75) is 33.1 Å². The molecule has 0 heterocycles. The van der Waals surface area contributed by atoms with Crippen molar-refractivity contribution in [2.24, 2.45) is 5.41 Å². The summed E-state index contributed by atoms with van der Waals surface area (Å²) in [7, 11) is 0. The van der Waals surface area contributed by atoms with Crippen molar-refractivity contribution in [1.29, 1.82) is 5.26 Å². The summed E-state index contributed by atoms with van der Waals surface area (Å²) in [6.07, 6.45) is 1.10. The summed E-state index contributed by atoms with van der Waals surface area (Å²) in [4.78, 5) is 0. The van der Waals surface area contributed by atoms with Gasteiger partial charge >= 0.3 is 0 Å². The number of nitrogens with zero attached hydrogens (tertiary/aromatic N) is 1. The number of nitrogens with one attached hydrogen (secondary N) is 1. The van der Waals surface area contributed by atoms with Crippen LogP contribution in [0.1, 0.15) is 38.7 Å². The minimum atomic E-state index is -0.268. The Hall–Kier alpha value is -1.33. The van der Waals surface area contributed by atoms with Gasteiger partial charge in [0.15, 0.2) is 0 Å². The number of hydrogen-bond acceptors (Lipinski definition) is 2. The Balaban J connectivity index is 2.26. The third-order valence-corrected chi connectivity index (χ3v) is 2.99. The highest BCUT2D eigenvalue weighted by Crippen LogP contribution is 2.18. The van der Waals surface area contributed by atoms with Crippen LogP contribution >= 0.6 is 0 Å². The largest absolute Gasteiger partial charge is 0.315 e. The van der Waals surface area contributed by atoms with E-state index in [0.717, 1.165) is 19.5 Å². The van der Waals surface area contributed by atoms with Crippen LogP contribution in [0.5, 0.6) is 0 Å². The molecule has 1 atom stereocenters. The number of nitriles is 1. The van der Waals surface area contributed by atoms with Gasteiger partial charge in [-0.25, -0.2) is 0 Å². The first-order valence-electron chi connectivity index (χ1n) is 6.22. The van der Waals surface area contributed by atoms with E-state index in [1.807, 2.05) is 19.9 Å². The summed E-state index contributed by atoms with van der Waals surface area (Å²) in [6.45, 7) is 7.87. The predicted octanol–water partition coefficient (Wildman–Crippen LogP) is 3.32. The Kier molecular flexibility index (Phi) is 5.18. The minimum absolute atomic E-state index is 0.268. The zero-order chi connectivity index (χ0) is 12.7. The van der Waals surface area contributed by atoms with E-state index in [1.54, 1.807) is 0 Å². The number of rotatable bonds is 6. The molecular weight excluding hydrogens is 208 g/mol. The molecule has 0 amide bonds. The molecular formula is C15H22N2. The van der Waals surface area contributed by atoms with Crippen LogP contribution in [-0.2, 0) is 0 Å². The van der Waals surface area contributed by atoms with E-state index in [-0.39, 0.29) is 5.41 Å². The highest BCUT2D eigenvalue weighted by molar-refractivity contribution is 5.18. The van der Waals surface area contributed by atoms with Crippen LogP contribution in [0, 0.1) is 16.7 Å². The molecule has 0 saturated carbocycles. The average Bonchev–Trinajstić information content (AvgIpc) is 2.35. The van der Waals surface area contributed by atoms with Gasteiger partial charge in [0, 0.05) is 6.54 Å². The molecule has 1 N–H and O–H groups in total. The molecule has 0 radical (unpaired) electrons. The van der Waals surface area contributed by atoms with Crippen molar-refractivity contribution in [3.8, 4) is 6.07 Å². The van der Waals surface area contributed by atoms with Crippen LogP contribution in [0.15, 0.2) is 30.3 Å². The minimum Gasteiger partial charge on any atom is -0.315 e. The van der Waals surface area contributed by atoms with Crippen LogP contribution in [0.2, 0.25) is 0 Å². The summed E-state index contributed by atoms with van der Waals surface area (Å²) >= 11 is 0.